The van der Waals surface area contributed by atoms with E-state index in [0.717, 1.165) is 5.70 Å². The molecule has 3 heteroatoms. The maximum atomic E-state index is 5.44. The molecule has 0 aliphatic rings. The van der Waals surface area contributed by atoms with Crippen LogP contribution in [0.25, 0.3) is 0 Å². The molecule has 0 spiro atoms. The number of hydrogen-bond donors (Lipinski definition) is 2. The summed E-state index contributed by atoms with van der Waals surface area (Å²) in [6.07, 6.45) is 1.69. The molecule has 0 saturated carbocycles. The maximum absolute atomic E-state index is 5.44. The van der Waals surface area contributed by atoms with Crippen LogP contribution in [0.3, 0.4) is 0 Å². The van der Waals surface area contributed by atoms with E-state index in [-0.39, 0.29) is 0 Å². The second kappa shape index (κ2) is 4.99. The van der Waals surface area contributed by atoms with E-state index in [1.165, 1.54) is 0 Å². The summed E-state index contributed by atoms with van der Waals surface area (Å²) in [7, 11) is 1.85. The fourth-order valence-electron chi connectivity index (χ4n) is 0.664. The van der Waals surface area contributed by atoms with Crippen molar-refractivity contribution in [3.8, 4) is 0 Å². The quantitative estimate of drug-likeness (QED) is 0.555. The molecule has 1 unspecified atom stereocenters. The van der Waals surface area contributed by atoms with Crippen molar-refractivity contribution in [2.45, 2.75) is 6.92 Å². The molecule has 0 fully saturated rings. The van der Waals surface area contributed by atoms with Crippen molar-refractivity contribution >= 4 is 6.72 Å². The van der Waals surface area contributed by atoms with Gasteiger partial charge in [-0.2, -0.15) is 0 Å². The molecule has 0 heterocycles. The zero-order valence-electron chi connectivity index (χ0n) is 6.59. The number of rotatable bonds is 4. The number of nitrogens with one attached hydrogen (secondary N) is 1. The lowest BCUT2D eigenvalue weighted by molar-refractivity contribution is 0.642. The Hall–Kier alpha value is -0.830. The first-order valence-corrected chi connectivity index (χ1v) is 3.30. The van der Waals surface area contributed by atoms with Crippen LogP contribution in [0.5, 0.6) is 0 Å². The molecule has 0 aliphatic carbocycles. The summed E-state index contributed by atoms with van der Waals surface area (Å²) in [5, 5.41) is 3.00. The van der Waals surface area contributed by atoms with Gasteiger partial charge in [0.05, 0.1) is 0 Å². The van der Waals surface area contributed by atoms with E-state index in [1.807, 2.05) is 14.0 Å². The van der Waals surface area contributed by atoms with Crippen molar-refractivity contribution in [2.24, 2.45) is 16.6 Å². The van der Waals surface area contributed by atoms with Crippen LogP contribution in [-0.2, 0) is 0 Å². The van der Waals surface area contributed by atoms with E-state index in [4.69, 9.17) is 5.73 Å². The van der Waals surface area contributed by atoms with Crippen molar-refractivity contribution in [3.63, 3.8) is 0 Å². The Bertz CT molecular complexity index is 129. The maximum Gasteiger partial charge on any atom is 0.0453 e. The summed E-state index contributed by atoms with van der Waals surface area (Å²) in [6.45, 7) is 6.02. The molecule has 0 aliphatic heterocycles. The van der Waals surface area contributed by atoms with Crippen molar-refractivity contribution < 1.29 is 0 Å². The topological polar surface area (TPSA) is 50.4 Å². The van der Waals surface area contributed by atoms with Crippen molar-refractivity contribution in [1.29, 1.82) is 0 Å². The van der Waals surface area contributed by atoms with Crippen molar-refractivity contribution in [3.05, 3.63) is 11.9 Å². The third-order valence-corrected chi connectivity index (χ3v) is 1.40. The molecule has 0 bridgehead atoms. The van der Waals surface area contributed by atoms with E-state index in [9.17, 15) is 0 Å². The minimum Gasteiger partial charge on any atom is -0.390 e. The normalized spacial score (nSPS) is 14.5. The van der Waals surface area contributed by atoms with E-state index in [0.29, 0.717) is 12.5 Å². The van der Waals surface area contributed by atoms with Crippen LogP contribution in [0.15, 0.2) is 16.9 Å². The van der Waals surface area contributed by atoms with Gasteiger partial charge in [-0.1, -0.05) is 6.92 Å². The minimum absolute atomic E-state index is 0.329. The van der Waals surface area contributed by atoms with E-state index in [1.54, 1.807) is 6.20 Å². The van der Waals surface area contributed by atoms with Crippen LogP contribution >= 0.6 is 0 Å². The lowest BCUT2D eigenvalue weighted by atomic mass is 10.1. The first-order chi connectivity index (χ1) is 4.76. The first kappa shape index (κ1) is 9.17. The second-order valence-electron chi connectivity index (χ2n) is 2.15. The average molecular weight is 141 g/mol. The monoisotopic (exact) mass is 141 g/mol. The summed E-state index contributed by atoms with van der Waals surface area (Å²) in [5.41, 5.74) is 6.46. The average Bonchev–Trinajstić information content (AvgIpc) is 1.99. The van der Waals surface area contributed by atoms with Crippen LogP contribution in [0.1, 0.15) is 6.92 Å². The number of hydrogen-bond acceptors (Lipinski definition) is 3. The Morgan fingerprint density at radius 3 is 2.80 bits per heavy atom. The number of nitrogens with two attached hydrogens (primary N) is 1. The summed E-state index contributed by atoms with van der Waals surface area (Å²) < 4.78 is 0. The van der Waals surface area contributed by atoms with E-state index in [2.05, 4.69) is 17.0 Å². The Morgan fingerprint density at radius 1 is 1.90 bits per heavy atom. The van der Waals surface area contributed by atoms with Gasteiger partial charge in [0.15, 0.2) is 0 Å². The molecular weight excluding hydrogens is 126 g/mol. The highest BCUT2D eigenvalue weighted by Gasteiger charge is 2.02. The third kappa shape index (κ3) is 2.64. The zero-order chi connectivity index (χ0) is 7.98. The number of aliphatic imine (C=N–C) groups is 1. The van der Waals surface area contributed by atoms with Crippen molar-refractivity contribution in [1.82, 2.24) is 5.32 Å². The van der Waals surface area contributed by atoms with Gasteiger partial charge in [-0.05, 0) is 6.72 Å². The molecule has 0 amide bonds. The molecular formula is C7H15N3. The van der Waals surface area contributed by atoms with Crippen LogP contribution < -0.4 is 11.1 Å². The smallest absolute Gasteiger partial charge is 0.0453 e. The first-order valence-electron chi connectivity index (χ1n) is 3.30. The van der Waals surface area contributed by atoms with Gasteiger partial charge >= 0.3 is 0 Å². The SMILES string of the molecule is C=N/C=C(\NC)C(C)CN. The molecule has 0 aromatic carbocycles. The predicted octanol–water partition coefficient (Wildman–Crippen LogP) is 0.343. The largest absolute Gasteiger partial charge is 0.390 e. The number of nitrogens with zero attached hydrogens (tertiary/aromatic N) is 1. The Morgan fingerprint density at radius 2 is 2.50 bits per heavy atom. The van der Waals surface area contributed by atoms with E-state index < -0.39 is 0 Å². The van der Waals surface area contributed by atoms with Crippen LogP contribution in [0, 0.1) is 5.92 Å². The molecule has 1 atom stereocenters. The Labute approximate surface area is 62.0 Å². The molecule has 0 saturated heterocycles. The van der Waals surface area contributed by atoms with Gasteiger partial charge in [0.2, 0.25) is 0 Å². The highest BCUT2D eigenvalue weighted by atomic mass is 14.9. The summed E-state index contributed by atoms with van der Waals surface area (Å²) in [4.78, 5) is 3.65. The predicted molar refractivity (Wildman–Crippen MR) is 44.9 cm³/mol. The molecule has 58 valence electrons. The highest BCUT2D eigenvalue weighted by molar-refractivity contribution is 5.26. The fourth-order valence-corrected chi connectivity index (χ4v) is 0.664. The summed E-state index contributed by atoms with van der Waals surface area (Å²) >= 11 is 0. The molecule has 0 aromatic heterocycles. The van der Waals surface area contributed by atoms with Crippen LogP contribution in [0.4, 0.5) is 0 Å². The Balaban J connectivity index is 4.04. The molecule has 3 nitrogen and oxygen atoms in total. The molecule has 0 aromatic rings. The van der Waals surface area contributed by atoms with Crippen LogP contribution in [-0.4, -0.2) is 20.3 Å². The molecule has 0 radical (unpaired) electrons. The van der Waals surface area contributed by atoms with Crippen molar-refractivity contribution in [2.75, 3.05) is 13.6 Å². The van der Waals surface area contributed by atoms with Crippen LogP contribution in [0.2, 0.25) is 0 Å². The fraction of sp³-hybridized carbons (Fsp3) is 0.571. The van der Waals surface area contributed by atoms with Gasteiger partial charge < -0.3 is 11.1 Å². The van der Waals surface area contributed by atoms with Gasteiger partial charge in [-0.3, -0.25) is 4.99 Å². The van der Waals surface area contributed by atoms with Gasteiger partial charge in [0.25, 0.3) is 0 Å². The Kier molecular flexibility index (Phi) is 4.58. The minimum atomic E-state index is 0.329. The van der Waals surface area contributed by atoms with Gasteiger partial charge in [0, 0.05) is 31.4 Å². The molecule has 10 heavy (non-hydrogen) atoms. The standard InChI is InChI=1S/C7H15N3/c1-6(4-8)7(10-3)5-9-2/h5-6,10H,2,4,8H2,1,3H3/b7-5-. The lowest BCUT2D eigenvalue weighted by Crippen LogP contribution is -2.20. The summed E-state index contributed by atoms with van der Waals surface area (Å²) in [5.74, 6) is 0.329. The second-order valence-corrected chi connectivity index (χ2v) is 2.15. The molecule has 0 rings (SSSR count). The van der Waals surface area contributed by atoms with Gasteiger partial charge in [-0.15, -0.1) is 0 Å². The van der Waals surface area contributed by atoms with Gasteiger partial charge in [-0.25, -0.2) is 0 Å². The lowest BCUT2D eigenvalue weighted by Gasteiger charge is -2.11. The third-order valence-electron chi connectivity index (χ3n) is 1.40. The summed E-state index contributed by atoms with van der Waals surface area (Å²) in [6, 6.07) is 0. The highest BCUT2D eigenvalue weighted by Crippen LogP contribution is 2.03. The molecule has 3 N–H and O–H groups in total. The zero-order valence-corrected chi connectivity index (χ0v) is 6.59. The van der Waals surface area contributed by atoms with E-state index >= 15 is 0 Å². The van der Waals surface area contributed by atoms with Gasteiger partial charge in [0.1, 0.15) is 0 Å².